The molecule has 1 aliphatic heterocycles. The van der Waals surface area contributed by atoms with Crippen LogP contribution in [0.1, 0.15) is 51.1 Å². The lowest BCUT2D eigenvalue weighted by Crippen LogP contribution is -2.32. The molecule has 3 unspecified atom stereocenters. The quantitative estimate of drug-likeness (QED) is 0.880. The lowest BCUT2D eigenvalue weighted by Gasteiger charge is -2.28. The van der Waals surface area contributed by atoms with Crippen LogP contribution in [0.3, 0.4) is 0 Å². The third-order valence-corrected chi connectivity index (χ3v) is 4.67. The van der Waals surface area contributed by atoms with E-state index in [1.165, 1.54) is 43.6 Å². The van der Waals surface area contributed by atoms with Gasteiger partial charge >= 0.3 is 0 Å². The average Bonchev–Trinajstić information content (AvgIpc) is 3.07. The summed E-state index contributed by atoms with van der Waals surface area (Å²) in [6, 6.07) is 5.61. The molecule has 0 radical (unpaired) electrons. The van der Waals surface area contributed by atoms with Crippen LogP contribution in [-0.4, -0.2) is 24.1 Å². The Kier molecular flexibility index (Phi) is 3.74. The second-order valence-electron chi connectivity index (χ2n) is 6.11. The first-order valence-corrected chi connectivity index (χ1v) is 7.74. The van der Waals surface area contributed by atoms with Crippen LogP contribution in [0.25, 0.3) is 0 Å². The number of fused-ring (bicyclic) bond motifs is 2. The number of hydrogen-bond acceptors (Lipinski definition) is 3. The molecule has 1 aliphatic carbocycles. The summed E-state index contributed by atoms with van der Waals surface area (Å²) >= 11 is 0. The molecular formula is C16H25N3. The van der Waals surface area contributed by atoms with Gasteiger partial charge in [-0.3, -0.25) is 0 Å². The molecule has 2 fully saturated rings. The Hall–Kier alpha value is -1.09. The van der Waals surface area contributed by atoms with Crippen LogP contribution in [0, 0.1) is 5.92 Å². The van der Waals surface area contributed by atoms with E-state index in [1.807, 2.05) is 0 Å². The van der Waals surface area contributed by atoms with Gasteiger partial charge in [-0.2, -0.15) is 0 Å². The minimum atomic E-state index is 0.400. The summed E-state index contributed by atoms with van der Waals surface area (Å²) in [7, 11) is 0. The molecule has 1 N–H and O–H groups in total. The highest BCUT2D eigenvalue weighted by molar-refractivity contribution is 5.43. The summed E-state index contributed by atoms with van der Waals surface area (Å²) in [4.78, 5) is 7.21. The first-order chi connectivity index (χ1) is 9.28. The first kappa shape index (κ1) is 12.9. The SMILES string of the molecule is CCCNC(C)c1ccc(N2CC3CCC2C3)nc1. The second-order valence-corrected chi connectivity index (χ2v) is 6.11. The number of piperidine rings is 1. The van der Waals surface area contributed by atoms with Crippen LogP contribution < -0.4 is 10.2 Å². The van der Waals surface area contributed by atoms with E-state index in [2.05, 4.69) is 42.4 Å². The van der Waals surface area contributed by atoms with Crippen LogP contribution in [-0.2, 0) is 0 Å². The van der Waals surface area contributed by atoms with Gasteiger partial charge < -0.3 is 10.2 Å². The predicted octanol–water partition coefficient (Wildman–Crippen LogP) is 3.13. The van der Waals surface area contributed by atoms with E-state index in [1.54, 1.807) is 0 Å². The summed E-state index contributed by atoms with van der Waals surface area (Å²) in [5.41, 5.74) is 1.29. The number of anilines is 1. The fourth-order valence-electron chi connectivity index (χ4n) is 3.51. The van der Waals surface area contributed by atoms with Crippen LogP contribution in [0.15, 0.2) is 18.3 Å². The molecule has 0 amide bonds. The molecule has 19 heavy (non-hydrogen) atoms. The van der Waals surface area contributed by atoms with Gasteiger partial charge in [0, 0.05) is 24.8 Å². The zero-order valence-corrected chi connectivity index (χ0v) is 12.1. The molecule has 1 aromatic heterocycles. The molecule has 1 saturated carbocycles. The Morgan fingerprint density at radius 1 is 1.42 bits per heavy atom. The van der Waals surface area contributed by atoms with Crippen LogP contribution in [0.2, 0.25) is 0 Å². The maximum absolute atomic E-state index is 4.69. The van der Waals surface area contributed by atoms with E-state index in [9.17, 15) is 0 Å². The molecule has 2 heterocycles. The maximum Gasteiger partial charge on any atom is 0.128 e. The van der Waals surface area contributed by atoms with E-state index in [0.29, 0.717) is 6.04 Å². The van der Waals surface area contributed by atoms with Crippen LogP contribution in [0.4, 0.5) is 5.82 Å². The van der Waals surface area contributed by atoms with Gasteiger partial charge in [-0.1, -0.05) is 13.0 Å². The maximum atomic E-state index is 4.69. The minimum Gasteiger partial charge on any atom is -0.353 e. The first-order valence-electron chi connectivity index (χ1n) is 7.74. The van der Waals surface area contributed by atoms with Crippen molar-refractivity contribution in [3.8, 4) is 0 Å². The van der Waals surface area contributed by atoms with Crippen molar-refractivity contribution in [2.75, 3.05) is 18.0 Å². The lowest BCUT2D eigenvalue weighted by atomic mass is 10.1. The number of hydrogen-bond donors (Lipinski definition) is 1. The molecule has 1 saturated heterocycles. The molecule has 0 aromatic carbocycles. The Balaban J connectivity index is 1.65. The smallest absolute Gasteiger partial charge is 0.128 e. The second kappa shape index (κ2) is 5.49. The number of nitrogens with one attached hydrogen (secondary N) is 1. The number of rotatable bonds is 5. The molecular weight excluding hydrogens is 234 g/mol. The van der Waals surface area contributed by atoms with Gasteiger partial charge in [-0.25, -0.2) is 4.98 Å². The van der Waals surface area contributed by atoms with E-state index in [-0.39, 0.29) is 0 Å². The van der Waals surface area contributed by atoms with E-state index in [0.717, 1.165) is 18.5 Å². The zero-order valence-electron chi connectivity index (χ0n) is 12.1. The van der Waals surface area contributed by atoms with Crippen molar-refractivity contribution in [1.82, 2.24) is 10.3 Å². The molecule has 3 nitrogen and oxygen atoms in total. The molecule has 3 atom stereocenters. The topological polar surface area (TPSA) is 28.2 Å². The Bertz CT molecular complexity index is 415. The van der Waals surface area contributed by atoms with Crippen molar-refractivity contribution < 1.29 is 0 Å². The standard InChI is InChI=1S/C16H25N3/c1-3-8-17-12(2)14-5-7-16(18-10-14)19-11-13-4-6-15(19)9-13/h5,7,10,12-13,15,17H,3-4,6,8-9,11H2,1-2H3. The Labute approximate surface area is 116 Å². The van der Waals surface area contributed by atoms with E-state index < -0.39 is 0 Å². The van der Waals surface area contributed by atoms with Gasteiger partial charge in [-0.15, -0.1) is 0 Å². The summed E-state index contributed by atoms with van der Waals surface area (Å²) in [6.07, 6.45) is 7.40. The minimum absolute atomic E-state index is 0.400. The molecule has 2 aliphatic rings. The molecule has 104 valence electrons. The van der Waals surface area contributed by atoms with Crippen molar-refractivity contribution in [1.29, 1.82) is 0 Å². The Morgan fingerprint density at radius 2 is 2.32 bits per heavy atom. The highest BCUT2D eigenvalue weighted by Gasteiger charge is 2.38. The average molecular weight is 259 g/mol. The van der Waals surface area contributed by atoms with Gasteiger partial charge in [0.05, 0.1) is 0 Å². The third-order valence-electron chi connectivity index (χ3n) is 4.67. The van der Waals surface area contributed by atoms with Gasteiger partial charge in [-0.05, 0) is 56.7 Å². The summed E-state index contributed by atoms with van der Waals surface area (Å²) in [6.45, 7) is 6.70. The lowest BCUT2D eigenvalue weighted by molar-refractivity contribution is 0.549. The summed E-state index contributed by atoms with van der Waals surface area (Å²) in [5, 5.41) is 3.51. The number of pyridine rings is 1. The number of nitrogens with zero attached hydrogens (tertiary/aromatic N) is 2. The predicted molar refractivity (Wildman–Crippen MR) is 79.4 cm³/mol. The highest BCUT2D eigenvalue weighted by atomic mass is 15.2. The highest BCUT2D eigenvalue weighted by Crippen LogP contribution is 2.39. The fraction of sp³-hybridized carbons (Fsp3) is 0.688. The number of aromatic nitrogens is 1. The zero-order chi connectivity index (χ0) is 13.2. The fourth-order valence-corrected chi connectivity index (χ4v) is 3.51. The van der Waals surface area contributed by atoms with Crippen molar-refractivity contribution in [2.45, 2.75) is 51.6 Å². The van der Waals surface area contributed by atoms with E-state index >= 15 is 0 Å². The van der Waals surface area contributed by atoms with Gasteiger partial charge in [0.25, 0.3) is 0 Å². The molecule has 3 rings (SSSR count). The van der Waals surface area contributed by atoms with Crippen molar-refractivity contribution in [2.24, 2.45) is 5.92 Å². The van der Waals surface area contributed by atoms with E-state index in [4.69, 9.17) is 4.98 Å². The van der Waals surface area contributed by atoms with Gasteiger partial charge in [0.1, 0.15) is 5.82 Å². The molecule has 3 heteroatoms. The third kappa shape index (κ3) is 2.62. The van der Waals surface area contributed by atoms with Crippen molar-refractivity contribution in [3.05, 3.63) is 23.9 Å². The normalized spacial score (nSPS) is 26.9. The van der Waals surface area contributed by atoms with Crippen LogP contribution in [0.5, 0.6) is 0 Å². The van der Waals surface area contributed by atoms with Crippen LogP contribution >= 0.6 is 0 Å². The molecule has 2 bridgehead atoms. The Morgan fingerprint density at radius 3 is 2.89 bits per heavy atom. The largest absolute Gasteiger partial charge is 0.353 e. The molecule has 1 aromatic rings. The van der Waals surface area contributed by atoms with Crippen molar-refractivity contribution in [3.63, 3.8) is 0 Å². The van der Waals surface area contributed by atoms with Crippen molar-refractivity contribution >= 4 is 5.82 Å². The summed E-state index contributed by atoms with van der Waals surface area (Å²) in [5.74, 6) is 2.11. The van der Waals surface area contributed by atoms with Gasteiger partial charge in [0.2, 0.25) is 0 Å². The molecule has 0 spiro atoms. The summed E-state index contributed by atoms with van der Waals surface area (Å²) < 4.78 is 0. The monoisotopic (exact) mass is 259 g/mol. The van der Waals surface area contributed by atoms with Gasteiger partial charge in [0.15, 0.2) is 0 Å².